The lowest BCUT2D eigenvalue weighted by Gasteiger charge is -2.09. The molecule has 0 saturated heterocycles. The van der Waals surface area contributed by atoms with E-state index in [1.54, 1.807) is 6.07 Å². The normalized spacial score (nSPS) is 10.9. The number of rotatable bonds is 2. The Bertz CT molecular complexity index is 823. The quantitative estimate of drug-likeness (QED) is 0.720. The van der Waals surface area contributed by atoms with E-state index in [1.165, 1.54) is 22.3 Å². The fourth-order valence-corrected chi connectivity index (χ4v) is 3.05. The van der Waals surface area contributed by atoms with Crippen LogP contribution in [0.1, 0.15) is 22.3 Å². The molecule has 0 aliphatic heterocycles. The minimum absolute atomic E-state index is 0.251. The van der Waals surface area contributed by atoms with E-state index in [2.05, 4.69) is 43.1 Å². The second-order valence-corrected chi connectivity index (χ2v) is 5.96. The van der Waals surface area contributed by atoms with Crippen molar-refractivity contribution in [3.8, 4) is 28.3 Å². The maximum atomic E-state index is 10.1. The molecule has 0 bridgehead atoms. The summed E-state index contributed by atoms with van der Waals surface area (Å²) in [6.45, 7) is 8.33. The van der Waals surface area contributed by atoms with Crippen LogP contribution in [0.3, 0.4) is 0 Å². The van der Waals surface area contributed by atoms with Crippen LogP contribution in [0.4, 0.5) is 0 Å². The Balaban J connectivity index is 2.10. The predicted molar refractivity (Wildman–Crippen MR) is 90.1 cm³/mol. The van der Waals surface area contributed by atoms with Gasteiger partial charge in [-0.15, -0.1) is 0 Å². The van der Waals surface area contributed by atoms with E-state index in [-0.39, 0.29) is 5.75 Å². The highest BCUT2D eigenvalue weighted by molar-refractivity contribution is 5.75. The van der Waals surface area contributed by atoms with Crippen LogP contribution in [0.15, 0.2) is 36.4 Å². The van der Waals surface area contributed by atoms with Gasteiger partial charge in [-0.25, -0.2) is 0 Å². The van der Waals surface area contributed by atoms with Gasteiger partial charge in [-0.2, -0.15) is 5.10 Å². The summed E-state index contributed by atoms with van der Waals surface area (Å²) in [5.74, 6) is 0.251. The van der Waals surface area contributed by atoms with Crippen molar-refractivity contribution < 1.29 is 5.11 Å². The van der Waals surface area contributed by atoms with Crippen LogP contribution in [0.25, 0.3) is 22.5 Å². The monoisotopic (exact) mass is 292 g/mol. The molecule has 0 radical (unpaired) electrons. The molecule has 22 heavy (non-hydrogen) atoms. The minimum atomic E-state index is 0.251. The molecule has 3 nitrogen and oxygen atoms in total. The topological polar surface area (TPSA) is 48.9 Å². The molecule has 1 aromatic heterocycles. The first-order chi connectivity index (χ1) is 10.5. The standard InChI is InChI=1S/C19H20N2O/c1-11-5-6-18(22)15(9-11)16-10-17(21-20-16)19-13(3)7-12(2)8-14(19)4/h5-10,22H,1-4H3,(H,20,21). The fourth-order valence-electron chi connectivity index (χ4n) is 3.05. The third-order valence-corrected chi connectivity index (χ3v) is 3.95. The number of aromatic hydroxyl groups is 1. The summed E-state index contributed by atoms with van der Waals surface area (Å²) < 4.78 is 0. The first-order valence-corrected chi connectivity index (χ1v) is 7.39. The number of phenolic OH excluding ortho intramolecular Hbond substituents is 1. The Morgan fingerprint density at radius 1 is 0.864 bits per heavy atom. The molecule has 0 aliphatic rings. The van der Waals surface area contributed by atoms with Gasteiger partial charge in [0.1, 0.15) is 5.75 Å². The molecule has 0 spiro atoms. The van der Waals surface area contributed by atoms with Crippen LogP contribution in [0.5, 0.6) is 5.75 Å². The molecule has 0 fully saturated rings. The van der Waals surface area contributed by atoms with Gasteiger partial charge in [0.15, 0.2) is 0 Å². The molecule has 0 saturated carbocycles. The number of phenols is 1. The summed E-state index contributed by atoms with van der Waals surface area (Å²) in [5.41, 5.74) is 8.47. The number of H-pyrrole nitrogens is 1. The molecule has 3 heteroatoms. The van der Waals surface area contributed by atoms with Crippen molar-refractivity contribution in [1.82, 2.24) is 10.2 Å². The van der Waals surface area contributed by atoms with Gasteiger partial charge in [-0.3, -0.25) is 5.10 Å². The molecular formula is C19H20N2O. The number of benzene rings is 2. The van der Waals surface area contributed by atoms with Crippen molar-refractivity contribution >= 4 is 0 Å². The van der Waals surface area contributed by atoms with Crippen LogP contribution in [0.2, 0.25) is 0 Å². The number of hydrogen-bond acceptors (Lipinski definition) is 2. The molecule has 3 aromatic rings. The van der Waals surface area contributed by atoms with E-state index in [0.717, 1.165) is 22.5 Å². The molecule has 3 rings (SSSR count). The molecule has 1 heterocycles. The summed E-state index contributed by atoms with van der Waals surface area (Å²) in [6.07, 6.45) is 0. The Hall–Kier alpha value is -2.55. The number of nitrogens with one attached hydrogen (secondary N) is 1. The number of hydrogen-bond donors (Lipinski definition) is 2. The average Bonchev–Trinajstić information content (AvgIpc) is 2.89. The van der Waals surface area contributed by atoms with Gasteiger partial charge in [-0.05, 0) is 57.0 Å². The van der Waals surface area contributed by atoms with Crippen LogP contribution >= 0.6 is 0 Å². The third-order valence-electron chi connectivity index (χ3n) is 3.95. The number of nitrogens with zero attached hydrogens (tertiary/aromatic N) is 1. The molecule has 0 atom stereocenters. The van der Waals surface area contributed by atoms with Crippen LogP contribution in [0, 0.1) is 27.7 Å². The second-order valence-electron chi connectivity index (χ2n) is 5.96. The number of aromatic nitrogens is 2. The predicted octanol–water partition coefficient (Wildman–Crippen LogP) is 4.68. The summed E-state index contributed by atoms with van der Waals surface area (Å²) in [5, 5.41) is 17.6. The molecule has 2 N–H and O–H groups in total. The Kier molecular flexibility index (Phi) is 3.49. The van der Waals surface area contributed by atoms with E-state index in [9.17, 15) is 5.11 Å². The van der Waals surface area contributed by atoms with Crippen LogP contribution < -0.4 is 0 Å². The van der Waals surface area contributed by atoms with Gasteiger partial charge in [0, 0.05) is 11.1 Å². The highest BCUT2D eigenvalue weighted by Crippen LogP contribution is 2.33. The van der Waals surface area contributed by atoms with Gasteiger partial charge < -0.3 is 5.11 Å². The molecular weight excluding hydrogens is 272 g/mol. The van der Waals surface area contributed by atoms with Gasteiger partial charge in [0.05, 0.1) is 11.4 Å². The SMILES string of the molecule is Cc1cc(C)c(-c2cc(-c3cc(C)ccc3O)n[nH]2)c(C)c1. The summed E-state index contributed by atoms with van der Waals surface area (Å²) >= 11 is 0. The average molecular weight is 292 g/mol. The maximum Gasteiger partial charge on any atom is 0.125 e. The Labute approximate surface area is 130 Å². The third kappa shape index (κ3) is 2.50. The van der Waals surface area contributed by atoms with Crippen molar-refractivity contribution in [2.45, 2.75) is 27.7 Å². The lowest BCUT2D eigenvalue weighted by molar-refractivity contribution is 0.477. The van der Waals surface area contributed by atoms with Gasteiger partial charge in [0.25, 0.3) is 0 Å². The lowest BCUT2D eigenvalue weighted by Crippen LogP contribution is -1.90. The minimum Gasteiger partial charge on any atom is -0.507 e. The molecule has 0 aliphatic carbocycles. The van der Waals surface area contributed by atoms with E-state index in [4.69, 9.17) is 0 Å². The maximum absolute atomic E-state index is 10.1. The van der Waals surface area contributed by atoms with Gasteiger partial charge in [0.2, 0.25) is 0 Å². The first kappa shape index (κ1) is 14.4. The highest BCUT2D eigenvalue weighted by Gasteiger charge is 2.13. The smallest absolute Gasteiger partial charge is 0.125 e. The zero-order valence-electron chi connectivity index (χ0n) is 13.4. The van der Waals surface area contributed by atoms with Crippen molar-refractivity contribution in [2.75, 3.05) is 0 Å². The van der Waals surface area contributed by atoms with Crippen molar-refractivity contribution in [1.29, 1.82) is 0 Å². The van der Waals surface area contributed by atoms with Gasteiger partial charge in [-0.1, -0.05) is 29.3 Å². The second kappa shape index (κ2) is 5.34. The largest absolute Gasteiger partial charge is 0.507 e. The first-order valence-electron chi connectivity index (χ1n) is 7.39. The van der Waals surface area contributed by atoms with E-state index < -0.39 is 0 Å². The van der Waals surface area contributed by atoms with Crippen LogP contribution in [-0.2, 0) is 0 Å². The summed E-state index contributed by atoms with van der Waals surface area (Å²) in [4.78, 5) is 0. The van der Waals surface area contributed by atoms with Crippen molar-refractivity contribution in [2.24, 2.45) is 0 Å². The number of aryl methyl sites for hydroxylation is 4. The molecule has 0 unspecified atom stereocenters. The van der Waals surface area contributed by atoms with Crippen LogP contribution in [-0.4, -0.2) is 15.3 Å². The molecule has 2 aromatic carbocycles. The van der Waals surface area contributed by atoms with E-state index >= 15 is 0 Å². The summed E-state index contributed by atoms with van der Waals surface area (Å²) in [7, 11) is 0. The molecule has 112 valence electrons. The lowest BCUT2D eigenvalue weighted by atomic mass is 9.97. The van der Waals surface area contributed by atoms with E-state index in [0.29, 0.717) is 0 Å². The van der Waals surface area contributed by atoms with Crippen molar-refractivity contribution in [3.63, 3.8) is 0 Å². The zero-order chi connectivity index (χ0) is 15.9. The van der Waals surface area contributed by atoms with Crippen molar-refractivity contribution in [3.05, 3.63) is 58.7 Å². The highest BCUT2D eigenvalue weighted by atomic mass is 16.3. The zero-order valence-corrected chi connectivity index (χ0v) is 13.4. The van der Waals surface area contributed by atoms with Gasteiger partial charge >= 0.3 is 0 Å². The fraction of sp³-hybridized carbons (Fsp3) is 0.211. The number of aromatic amines is 1. The molecule has 0 amide bonds. The van der Waals surface area contributed by atoms with E-state index in [1.807, 2.05) is 25.1 Å². The Morgan fingerprint density at radius 3 is 2.23 bits per heavy atom. The summed E-state index contributed by atoms with van der Waals surface area (Å²) in [6, 6.07) is 11.9. The Morgan fingerprint density at radius 2 is 1.55 bits per heavy atom.